The van der Waals surface area contributed by atoms with Crippen molar-refractivity contribution in [3.63, 3.8) is 0 Å². The SMILES string of the molecule is COCCNC(=O)C1(c2ccc(CC3[C@H](C)NC[C@@H](c4ccccc4)S3(=O)=O)c(F)c2)CCOCC1. The van der Waals surface area contributed by atoms with E-state index in [0.29, 0.717) is 56.9 Å². The summed E-state index contributed by atoms with van der Waals surface area (Å²) in [5, 5.41) is 4.76. The molecule has 2 aliphatic heterocycles. The second-order valence-corrected chi connectivity index (χ2v) is 12.0. The van der Waals surface area contributed by atoms with Crippen molar-refractivity contribution in [2.24, 2.45) is 0 Å². The van der Waals surface area contributed by atoms with Crippen LogP contribution in [0.1, 0.15) is 41.7 Å². The second kappa shape index (κ2) is 11.4. The highest BCUT2D eigenvalue weighted by Gasteiger charge is 2.44. The van der Waals surface area contributed by atoms with E-state index in [0.717, 1.165) is 5.56 Å². The summed E-state index contributed by atoms with van der Waals surface area (Å²) < 4.78 is 53.2. The Kier molecular flexibility index (Phi) is 8.44. The van der Waals surface area contributed by atoms with E-state index in [1.54, 1.807) is 19.2 Å². The summed E-state index contributed by atoms with van der Waals surface area (Å²) in [5.74, 6) is -0.666. The van der Waals surface area contributed by atoms with Gasteiger partial charge in [0.2, 0.25) is 5.91 Å². The number of hydrogen-bond donors (Lipinski definition) is 2. The van der Waals surface area contributed by atoms with Gasteiger partial charge >= 0.3 is 0 Å². The van der Waals surface area contributed by atoms with E-state index in [2.05, 4.69) is 10.6 Å². The van der Waals surface area contributed by atoms with Gasteiger partial charge < -0.3 is 20.1 Å². The Morgan fingerprint density at radius 1 is 1.19 bits per heavy atom. The maximum Gasteiger partial charge on any atom is 0.230 e. The minimum atomic E-state index is -3.57. The fourth-order valence-electron chi connectivity index (χ4n) is 5.33. The highest BCUT2D eigenvalue weighted by atomic mass is 32.2. The fourth-order valence-corrected chi connectivity index (χ4v) is 7.70. The monoisotopic (exact) mass is 518 g/mol. The summed E-state index contributed by atoms with van der Waals surface area (Å²) in [5.41, 5.74) is 0.757. The van der Waals surface area contributed by atoms with Crippen LogP contribution in [0.4, 0.5) is 4.39 Å². The highest BCUT2D eigenvalue weighted by Crippen LogP contribution is 2.37. The molecular weight excluding hydrogens is 483 g/mol. The molecule has 2 saturated heterocycles. The number of benzene rings is 2. The molecule has 0 aromatic heterocycles. The number of halogens is 1. The number of ether oxygens (including phenoxy) is 2. The van der Waals surface area contributed by atoms with Crippen molar-refractivity contribution in [1.29, 1.82) is 0 Å². The molecule has 2 heterocycles. The smallest absolute Gasteiger partial charge is 0.230 e. The van der Waals surface area contributed by atoms with Crippen LogP contribution in [0.2, 0.25) is 0 Å². The van der Waals surface area contributed by atoms with Crippen molar-refractivity contribution >= 4 is 15.7 Å². The molecule has 7 nitrogen and oxygen atoms in total. The van der Waals surface area contributed by atoms with Crippen LogP contribution < -0.4 is 10.6 Å². The number of methoxy groups -OCH3 is 1. The predicted molar refractivity (Wildman–Crippen MR) is 136 cm³/mol. The zero-order chi connectivity index (χ0) is 25.8. The predicted octanol–water partition coefficient (Wildman–Crippen LogP) is 2.70. The van der Waals surface area contributed by atoms with Gasteiger partial charge in [-0.3, -0.25) is 4.79 Å². The lowest BCUT2D eigenvalue weighted by atomic mass is 9.73. The summed E-state index contributed by atoms with van der Waals surface area (Å²) in [4.78, 5) is 13.2. The number of carbonyl (C=O) groups excluding carboxylic acids is 1. The average Bonchev–Trinajstić information content (AvgIpc) is 2.88. The molecule has 2 aromatic carbocycles. The molecule has 0 radical (unpaired) electrons. The van der Waals surface area contributed by atoms with Crippen LogP contribution in [-0.2, 0) is 35.9 Å². The lowest BCUT2D eigenvalue weighted by molar-refractivity contribution is -0.130. The highest BCUT2D eigenvalue weighted by molar-refractivity contribution is 7.92. The Morgan fingerprint density at radius 3 is 2.58 bits per heavy atom. The molecule has 3 atom stereocenters. The van der Waals surface area contributed by atoms with Crippen molar-refractivity contribution in [3.05, 3.63) is 71.0 Å². The molecular formula is C27H35FN2O5S. The standard InChI is InChI=1S/C27H35FN2O5S/c1-19-24(36(32,33)25(18-30-19)20-6-4-3-5-7-20)16-21-8-9-22(17-23(21)28)27(10-13-35-14-11-27)26(31)29-12-15-34-2/h3-9,17,19,24-25,30H,10-16,18H2,1-2H3,(H,29,31)/t19-,24?,25-/m0/s1. The Balaban J connectivity index is 1.59. The van der Waals surface area contributed by atoms with Gasteiger partial charge in [-0.1, -0.05) is 42.5 Å². The molecule has 4 rings (SSSR count). The Morgan fingerprint density at radius 2 is 1.92 bits per heavy atom. The van der Waals surface area contributed by atoms with Gasteiger partial charge in [0.15, 0.2) is 9.84 Å². The summed E-state index contributed by atoms with van der Waals surface area (Å²) in [6.45, 7) is 3.73. The second-order valence-electron chi connectivity index (χ2n) is 9.68. The third kappa shape index (κ3) is 5.34. The first-order valence-electron chi connectivity index (χ1n) is 12.4. The van der Waals surface area contributed by atoms with Crippen molar-refractivity contribution in [1.82, 2.24) is 10.6 Å². The van der Waals surface area contributed by atoms with E-state index < -0.39 is 31.6 Å². The van der Waals surface area contributed by atoms with Crippen LogP contribution in [0, 0.1) is 5.82 Å². The van der Waals surface area contributed by atoms with E-state index in [1.807, 2.05) is 37.3 Å². The molecule has 2 fully saturated rings. The Bertz CT molecular complexity index is 1150. The lowest BCUT2D eigenvalue weighted by Crippen LogP contribution is -2.53. The van der Waals surface area contributed by atoms with Crippen molar-refractivity contribution < 1.29 is 27.1 Å². The molecule has 2 aliphatic rings. The van der Waals surface area contributed by atoms with Crippen molar-refractivity contribution in [2.45, 2.75) is 48.1 Å². The van der Waals surface area contributed by atoms with Gasteiger partial charge in [0.25, 0.3) is 0 Å². The minimum absolute atomic E-state index is 0.0576. The third-order valence-corrected chi connectivity index (χ3v) is 10.2. The average molecular weight is 519 g/mol. The number of carbonyl (C=O) groups is 1. The first-order valence-corrected chi connectivity index (χ1v) is 14.1. The van der Waals surface area contributed by atoms with Gasteiger partial charge in [-0.15, -0.1) is 0 Å². The van der Waals surface area contributed by atoms with Crippen LogP contribution in [0.5, 0.6) is 0 Å². The van der Waals surface area contributed by atoms with Gasteiger partial charge in [0.1, 0.15) is 5.82 Å². The Hall–Kier alpha value is -2.33. The number of hydrogen-bond acceptors (Lipinski definition) is 6. The summed E-state index contributed by atoms with van der Waals surface area (Å²) in [7, 11) is -2.01. The van der Waals surface area contributed by atoms with Crippen LogP contribution in [0.3, 0.4) is 0 Å². The molecule has 36 heavy (non-hydrogen) atoms. The van der Waals surface area contributed by atoms with Gasteiger partial charge in [0, 0.05) is 39.5 Å². The molecule has 1 unspecified atom stereocenters. The van der Waals surface area contributed by atoms with Crippen LogP contribution in [0.25, 0.3) is 0 Å². The normalized spacial score (nSPS) is 25.2. The van der Waals surface area contributed by atoms with Gasteiger partial charge in [-0.25, -0.2) is 12.8 Å². The van der Waals surface area contributed by atoms with Crippen LogP contribution in [-0.4, -0.2) is 65.6 Å². The van der Waals surface area contributed by atoms with Crippen LogP contribution in [0.15, 0.2) is 48.5 Å². The summed E-state index contributed by atoms with van der Waals surface area (Å²) in [6, 6.07) is 13.6. The zero-order valence-corrected chi connectivity index (χ0v) is 21.7. The number of nitrogens with one attached hydrogen (secondary N) is 2. The number of amides is 1. The molecule has 2 aromatic rings. The van der Waals surface area contributed by atoms with Crippen molar-refractivity contribution in [2.75, 3.05) is 40.0 Å². The van der Waals surface area contributed by atoms with E-state index in [9.17, 15) is 13.2 Å². The molecule has 0 bridgehead atoms. The zero-order valence-electron chi connectivity index (χ0n) is 20.8. The molecule has 0 aliphatic carbocycles. The lowest BCUT2D eigenvalue weighted by Gasteiger charge is -2.37. The van der Waals surface area contributed by atoms with E-state index in [1.165, 1.54) is 6.07 Å². The van der Waals surface area contributed by atoms with Crippen LogP contribution >= 0.6 is 0 Å². The van der Waals surface area contributed by atoms with E-state index in [4.69, 9.17) is 9.47 Å². The van der Waals surface area contributed by atoms with E-state index >= 15 is 4.39 Å². The maximum atomic E-state index is 15.5. The molecule has 0 spiro atoms. The fraction of sp³-hybridized carbons (Fsp3) is 0.519. The molecule has 0 saturated carbocycles. The minimum Gasteiger partial charge on any atom is -0.383 e. The molecule has 1 amide bonds. The van der Waals surface area contributed by atoms with Gasteiger partial charge in [-0.05, 0) is 48.9 Å². The summed E-state index contributed by atoms with van der Waals surface area (Å²) >= 11 is 0. The Labute approximate surface area is 212 Å². The number of sulfone groups is 1. The third-order valence-electron chi connectivity index (χ3n) is 7.57. The summed E-state index contributed by atoms with van der Waals surface area (Å²) in [6.07, 6.45) is 0.949. The maximum absolute atomic E-state index is 15.5. The van der Waals surface area contributed by atoms with Gasteiger partial charge in [0.05, 0.1) is 22.5 Å². The quantitative estimate of drug-likeness (QED) is 0.522. The molecule has 196 valence electrons. The molecule has 9 heteroatoms. The van der Waals surface area contributed by atoms with E-state index in [-0.39, 0.29) is 18.4 Å². The molecule has 2 N–H and O–H groups in total. The van der Waals surface area contributed by atoms with Gasteiger partial charge in [-0.2, -0.15) is 0 Å². The largest absolute Gasteiger partial charge is 0.383 e. The van der Waals surface area contributed by atoms with Crippen molar-refractivity contribution in [3.8, 4) is 0 Å². The first kappa shape index (κ1) is 26.7. The topological polar surface area (TPSA) is 93.7 Å². The number of rotatable bonds is 8. The first-order chi connectivity index (χ1) is 17.3.